The van der Waals surface area contributed by atoms with Gasteiger partial charge in [0.2, 0.25) is 5.91 Å². The summed E-state index contributed by atoms with van der Waals surface area (Å²) in [6.45, 7) is 0.526. The van der Waals surface area contributed by atoms with Gasteiger partial charge < -0.3 is 15.2 Å². The fourth-order valence-corrected chi connectivity index (χ4v) is 3.08. The van der Waals surface area contributed by atoms with E-state index in [0.29, 0.717) is 35.9 Å². The van der Waals surface area contributed by atoms with E-state index in [1.807, 2.05) is 6.07 Å². The molecule has 6 heteroatoms. The van der Waals surface area contributed by atoms with Gasteiger partial charge >= 0.3 is 0 Å². The highest BCUT2D eigenvalue weighted by atomic mass is 35.5. The minimum absolute atomic E-state index is 0.0243. The van der Waals surface area contributed by atoms with Crippen molar-refractivity contribution >= 4 is 29.1 Å². The number of carbonyl (C=O) groups excluding carboxylic acids is 1. The number of hydrogen-bond donors (Lipinski definition) is 2. The molecule has 0 spiro atoms. The van der Waals surface area contributed by atoms with Crippen molar-refractivity contribution in [2.24, 2.45) is 5.92 Å². The number of methoxy groups -OCH3 is 1. The molecule has 1 amide bonds. The van der Waals surface area contributed by atoms with Crippen LogP contribution < -0.4 is 5.32 Å². The summed E-state index contributed by atoms with van der Waals surface area (Å²) in [7, 11) is 1.63. The molecule has 1 saturated carbocycles. The molecule has 0 aliphatic heterocycles. The molecule has 0 bridgehead atoms. The Morgan fingerprint density at radius 3 is 2.77 bits per heavy atom. The molecule has 4 nitrogen and oxygen atoms in total. The highest BCUT2D eigenvalue weighted by Gasteiger charge is 2.30. The highest BCUT2D eigenvalue weighted by Crippen LogP contribution is 2.29. The van der Waals surface area contributed by atoms with Crippen molar-refractivity contribution in [3.8, 4) is 0 Å². The van der Waals surface area contributed by atoms with Gasteiger partial charge in [-0.15, -0.1) is 0 Å². The Hall–Kier alpha value is -0.810. The van der Waals surface area contributed by atoms with Gasteiger partial charge in [-0.25, -0.2) is 0 Å². The molecule has 1 aromatic rings. The number of carbonyl (C=O) groups is 1. The molecule has 0 radical (unpaired) electrons. The maximum atomic E-state index is 12.4. The second kappa shape index (κ2) is 8.16. The molecule has 0 heterocycles. The lowest BCUT2D eigenvalue weighted by Gasteiger charge is -2.21. The number of benzene rings is 1. The van der Waals surface area contributed by atoms with Crippen LogP contribution in [0.5, 0.6) is 0 Å². The molecule has 3 atom stereocenters. The standard InChI is InChI=1S/C16H21Cl2NO3/c1-22-7-6-15(10-3-5-13(17)14(18)9-10)19-16(21)11-2-4-12(20)8-11/h3,5,9,11-12,15,20H,2,4,6-8H2,1H3,(H,19,21)/t11-,12-,15-/m1/s1. The van der Waals surface area contributed by atoms with E-state index in [0.717, 1.165) is 12.0 Å². The van der Waals surface area contributed by atoms with Crippen LogP contribution in [0.3, 0.4) is 0 Å². The first-order valence-electron chi connectivity index (χ1n) is 7.43. The average Bonchev–Trinajstić information content (AvgIpc) is 2.93. The van der Waals surface area contributed by atoms with Crippen LogP contribution in [0.25, 0.3) is 0 Å². The zero-order valence-electron chi connectivity index (χ0n) is 12.5. The molecule has 122 valence electrons. The number of aliphatic hydroxyl groups is 1. The van der Waals surface area contributed by atoms with Crippen LogP contribution >= 0.6 is 23.2 Å². The van der Waals surface area contributed by atoms with E-state index in [4.69, 9.17) is 27.9 Å². The summed E-state index contributed by atoms with van der Waals surface area (Å²) in [5, 5.41) is 13.6. The van der Waals surface area contributed by atoms with Gasteiger partial charge in [0.25, 0.3) is 0 Å². The van der Waals surface area contributed by atoms with Gasteiger partial charge in [0.15, 0.2) is 0 Å². The number of aliphatic hydroxyl groups excluding tert-OH is 1. The third kappa shape index (κ3) is 4.59. The van der Waals surface area contributed by atoms with E-state index >= 15 is 0 Å². The summed E-state index contributed by atoms with van der Waals surface area (Å²) in [6.07, 6.45) is 2.23. The first-order chi connectivity index (χ1) is 10.5. The predicted molar refractivity (Wildman–Crippen MR) is 87.2 cm³/mol. The summed E-state index contributed by atoms with van der Waals surface area (Å²) >= 11 is 12.0. The van der Waals surface area contributed by atoms with Gasteiger partial charge in [-0.2, -0.15) is 0 Å². The summed E-state index contributed by atoms with van der Waals surface area (Å²) in [4.78, 5) is 12.4. The van der Waals surface area contributed by atoms with Crippen molar-refractivity contribution in [1.82, 2.24) is 5.32 Å². The van der Waals surface area contributed by atoms with E-state index in [2.05, 4.69) is 5.32 Å². The summed E-state index contributed by atoms with van der Waals surface area (Å²) < 4.78 is 5.12. The third-order valence-corrected chi connectivity index (χ3v) is 4.79. The normalized spacial score (nSPS) is 22.5. The van der Waals surface area contributed by atoms with Crippen LogP contribution in [0.1, 0.15) is 37.3 Å². The van der Waals surface area contributed by atoms with Crippen LogP contribution in [-0.4, -0.2) is 30.8 Å². The third-order valence-electron chi connectivity index (χ3n) is 4.05. The van der Waals surface area contributed by atoms with Crippen molar-refractivity contribution in [3.63, 3.8) is 0 Å². The molecule has 1 aromatic carbocycles. The van der Waals surface area contributed by atoms with E-state index in [1.54, 1.807) is 19.2 Å². The van der Waals surface area contributed by atoms with Crippen LogP contribution in [0, 0.1) is 5.92 Å². The number of hydrogen-bond acceptors (Lipinski definition) is 3. The molecule has 0 unspecified atom stereocenters. The quantitative estimate of drug-likeness (QED) is 0.831. The Kier molecular flexibility index (Phi) is 6.50. The van der Waals surface area contributed by atoms with Gasteiger partial charge in [0.05, 0.1) is 22.2 Å². The largest absolute Gasteiger partial charge is 0.393 e. The van der Waals surface area contributed by atoms with E-state index < -0.39 is 0 Å². The SMILES string of the molecule is COCC[C@@H](NC(=O)[C@@H]1CC[C@@H](O)C1)c1ccc(Cl)c(Cl)c1. The fourth-order valence-electron chi connectivity index (χ4n) is 2.77. The van der Waals surface area contributed by atoms with E-state index in [1.165, 1.54) is 0 Å². The molecule has 1 aliphatic carbocycles. The van der Waals surface area contributed by atoms with Gasteiger partial charge in [-0.1, -0.05) is 29.3 Å². The lowest BCUT2D eigenvalue weighted by atomic mass is 10.0. The van der Waals surface area contributed by atoms with Crippen LogP contribution in [0.4, 0.5) is 0 Å². The molecule has 22 heavy (non-hydrogen) atoms. The Balaban J connectivity index is 2.08. The summed E-state index contributed by atoms with van der Waals surface area (Å²) in [6, 6.07) is 5.18. The van der Waals surface area contributed by atoms with Crippen LogP contribution in [0.15, 0.2) is 18.2 Å². The second-order valence-electron chi connectivity index (χ2n) is 5.68. The number of amides is 1. The minimum atomic E-state index is -0.363. The Morgan fingerprint density at radius 2 is 2.18 bits per heavy atom. The molecule has 2 rings (SSSR count). The van der Waals surface area contributed by atoms with Gasteiger partial charge in [0, 0.05) is 19.6 Å². The predicted octanol–water partition coefficient (Wildman–Crippen LogP) is 3.35. The molecule has 1 aliphatic rings. The van der Waals surface area contributed by atoms with Gasteiger partial charge in [-0.05, 0) is 43.4 Å². The van der Waals surface area contributed by atoms with Crippen molar-refractivity contribution in [2.75, 3.05) is 13.7 Å². The number of rotatable bonds is 6. The molecule has 0 saturated heterocycles. The molecular weight excluding hydrogens is 325 g/mol. The van der Waals surface area contributed by atoms with Crippen LogP contribution in [-0.2, 0) is 9.53 Å². The first-order valence-corrected chi connectivity index (χ1v) is 8.19. The van der Waals surface area contributed by atoms with Crippen LogP contribution in [0.2, 0.25) is 10.0 Å². The Morgan fingerprint density at radius 1 is 1.41 bits per heavy atom. The van der Waals surface area contributed by atoms with Crippen molar-refractivity contribution < 1.29 is 14.6 Å². The minimum Gasteiger partial charge on any atom is -0.393 e. The molecule has 2 N–H and O–H groups in total. The van der Waals surface area contributed by atoms with Crippen molar-refractivity contribution in [1.29, 1.82) is 0 Å². The fraction of sp³-hybridized carbons (Fsp3) is 0.562. The maximum absolute atomic E-state index is 12.4. The molecule has 0 aromatic heterocycles. The lowest BCUT2D eigenvalue weighted by molar-refractivity contribution is -0.125. The number of halogens is 2. The Labute approximate surface area is 140 Å². The first kappa shape index (κ1) is 17.5. The average molecular weight is 346 g/mol. The molecular formula is C16H21Cl2NO3. The van der Waals surface area contributed by atoms with Gasteiger partial charge in [0.1, 0.15) is 0 Å². The lowest BCUT2D eigenvalue weighted by Crippen LogP contribution is -2.34. The summed E-state index contributed by atoms with van der Waals surface area (Å²) in [5.74, 6) is -0.147. The number of nitrogens with one attached hydrogen (secondary N) is 1. The zero-order valence-corrected chi connectivity index (χ0v) is 14.0. The molecule has 1 fully saturated rings. The maximum Gasteiger partial charge on any atom is 0.223 e. The van der Waals surface area contributed by atoms with E-state index in [9.17, 15) is 9.90 Å². The smallest absolute Gasteiger partial charge is 0.223 e. The van der Waals surface area contributed by atoms with Crippen molar-refractivity contribution in [2.45, 2.75) is 37.8 Å². The summed E-state index contributed by atoms with van der Waals surface area (Å²) in [5.41, 5.74) is 0.901. The highest BCUT2D eigenvalue weighted by molar-refractivity contribution is 6.42. The van der Waals surface area contributed by atoms with Gasteiger partial charge in [-0.3, -0.25) is 4.79 Å². The van der Waals surface area contributed by atoms with E-state index in [-0.39, 0.29) is 24.0 Å². The second-order valence-corrected chi connectivity index (χ2v) is 6.49. The Bertz CT molecular complexity index is 524. The van der Waals surface area contributed by atoms with Crippen molar-refractivity contribution in [3.05, 3.63) is 33.8 Å². The topological polar surface area (TPSA) is 58.6 Å². The zero-order chi connectivity index (χ0) is 16.1. The monoisotopic (exact) mass is 345 g/mol. The number of ether oxygens (including phenoxy) is 1.